The molecule has 1 atom stereocenters. The number of hydrogen-bond donors (Lipinski definition) is 3. The van der Waals surface area contributed by atoms with Gasteiger partial charge in [-0.3, -0.25) is 15.0 Å². The van der Waals surface area contributed by atoms with Gasteiger partial charge < -0.3 is 19.5 Å². The fourth-order valence-corrected chi connectivity index (χ4v) is 4.48. The molecular weight excluding hydrogens is 471 g/mol. The number of amides is 2. The van der Waals surface area contributed by atoms with Gasteiger partial charge in [-0.15, -0.1) is 0 Å². The number of nitrogens with one attached hydrogen (secondary N) is 1. The second-order valence-corrected chi connectivity index (χ2v) is 10.5. The first-order valence-electron chi connectivity index (χ1n) is 12.7. The van der Waals surface area contributed by atoms with Crippen LogP contribution in [-0.2, 0) is 4.74 Å². The summed E-state index contributed by atoms with van der Waals surface area (Å²) >= 11 is 0. The van der Waals surface area contributed by atoms with Crippen LogP contribution in [0.15, 0.2) is 30.3 Å². The molecule has 0 radical (unpaired) electrons. The van der Waals surface area contributed by atoms with E-state index in [-0.39, 0.29) is 40.7 Å². The zero-order valence-electron chi connectivity index (χ0n) is 23.3. The number of benzene rings is 2. The summed E-state index contributed by atoms with van der Waals surface area (Å²) in [6, 6.07) is 8.32. The van der Waals surface area contributed by atoms with Gasteiger partial charge in [0.15, 0.2) is 0 Å². The molecule has 0 saturated heterocycles. The summed E-state index contributed by atoms with van der Waals surface area (Å²) in [4.78, 5) is 27.5. The monoisotopic (exact) mass is 512 g/mol. The lowest BCUT2D eigenvalue weighted by molar-refractivity contribution is 0.0270. The Kier molecular flexibility index (Phi) is 10.7. The second-order valence-electron chi connectivity index (χ2n) is 10.5. The van der Waals surface area contributed by atoms with Gasteiger partial charge >= 0.3 is 7.12 Å². The maximum absolute atomic E-state index is 13.9. The lowest BCUT2D eigenvalue weighted by Crippen LogP contribution is -2.56. The molecule has 0 aromatic heterocycles. The minimum atomic E-state index is -1.77. The molecule has 2 amide bonds. The third kappa shape index (κ3) is 7.80. The van der Waals surface area contributed by atoms with E-state index in [0.717, 1.165) is 17.5 Å². The van der Waals surface area contributed by atoms with Crippen LogP contribution in [0.25, 0.3) is 0 Å². The van der Waals surface area contributed by atoms with Gasteiger partial charge in [0.1, 0.15) is 12.4 Å². The summed E-state index contributed by atoms with van der Waals surface area (Å²) in [6.07, 6.45) is 1.52. The van der Waals surface area contributed by atoms with Gasteiger partial charge in [-0.2, -0.15) is 0 Å². The number of carbonyl (C=O) groups excluding carboxylic acids is 2. The maximum atomic E-state index is 13.9. The summed E-state index contributed by atoms with van der Waals surface area (Å²) in [7, 11) is -0.240. The molecule has 0 saturated carbocycles. The first-order valence-corrected chi connectivity index (χ1v) is 12.7. The minimum absolute atomic E-state index is 0.145. The number of carbonyl (C=O) groups is 2. The Bertz CT molecular complexity index is 1080. The van der Waals surface area contributed by atoms with Gasteiger partial charge in [0.2, 0.25) is 0 Å². The Morgan fingerprint density at radius 1 is 1.05 bits per heavy atom. The van der Waals surface area contributed by atoms with Gasteiger partial charge in [-0.25, -0.2) is 5.01 Å². The van der Waals surface area contributed by atoms with Crippen molar-refractivity contribution in [2.24, 2.45) is 5.41 Å². The molecular formula is C28H41BN2O6. The van der Waals surface area contributed by atoms with Crippen LogP contribution in [-0.4, -0.2) is 60.4 Å². The maximum Gasteiger partial charge on any atom is 0.492 e. The van der Waals surface area contributed by atoms with Crippen molar-refractivity contribution in [3.8, 4) is 5.75 Å². The van der Waals surface area contributed by atoms with E-state index in [2.05, 4.69) is 5.43 Å². The van der Waals surface area contributed by atoms with Crippen molar-refractivity contribution in [3.63, 3.8) is 0 Å². The number of ether oxygens (including phenoxy) is 2. The highest BCUT2D eigenvalue weighted by molar-refractivity contribution is 6.59. The van der Waals surface area contributed by atoms with Crippen LogP contribution in [0.5, 0.6) is 5.75 Å². The van der Waals surface area contributed by atoms with Crippen LogP contribution in [0.1, 0.15) is 77.9 Å². The van der Waals surface area contributed by atoms with Crippen LogP contribution in [0, 0.1) is 26.2 Å². The van der Waals surface area contributed by atoms with E-state index < -0.39 is 13.0 Å². The molecule has 2 rings (SSSR count). The summed E-state index contributed by atoms with van der Waals surface area (Å²) in [5.41, 5.74) is 5.84. The van der Waals surface area contributed by atoms with E-state index in [1.54, 1.807) is 6.92 Å². The standard InChI is InChI=1S/C28H41BN2O6/c1-9-10-24(28(5,6)7)31(27(33)21-16-18(2)15-19(3)17-21)30-26(32)22-11-12-23(29(34)35)25(20(22)4)37-14-13-36-8/h11-12,15-17,24,34-35H,9-10,13-14H2,1-8H3,(H,30,32)/t24-/m1/s1. The first-order chi connectivity index (χ1) is 17.3. The smallest absolute Gasteiger partial charge is 0.491 e. The summed E-state index contributed by atoms with van der Waals surface area (Å²) < 4.78 is 10.8. The van der Waals surface area contributed by atoms with Gasteiger partial charge in [0.05, 0.1) is 12.6 Å². The molecule has 202 valence electrons. The van der Waals surface area contributed by atoms with Gasteiger partial charge in [-0.1, -0.05) is 57.4 Å². The van der Waals surface area contributed by atoms with Crippen molar-refractivity contribution in [2.45, 2.75) is 67.3 Å². The average molecular weight is 512 g/mol. The number of methoxy groups -OCH3 is 1. The molecule has 0 aliphatic carbocycles. The molecule has 0 fully saturated rings. The fraction of sp³-hybridized carbons (Fsp3) is 0.500. The molecule has 0 aliphatic heterocycles. The van der Waals surface area contributed by atoms with E-state index >= 15 is 0 Å². The lowest BCUT2D eigenvalue weighted by atomic mass is 9.77. The SMILES string of the molecule is CCC[C@@H](N(NC(=O)c1ccc(B(O)O)c(OCCOC)c1C)C(=O)c1cc(C)cc(C)c1)C(C)(C)C. The minimum Gasteiger partial charge on any atom is -0.491 e. The van der Waals surface area contributed by atoms with Crippen LogP contribution in [0.3, 0.4) is 0 Å². The van der Waals surface area contributed by atoms with E-state index in [0.29, 0.717) is 24.2 Å². The number of rotatable bonds is 10. The third-order valence-corrected chi connectivity index (χ3v) is 6.28. The quantitative estimate of drug-likeness (QED) is 0.256. The van der Waals surface area contributed by atoms with Crippen molar-refractivity contribution in [1.82, 2.24) is 10.4 Å². The largest absolute Gasteiger partial charge is 0.492 e. The Labute approximate surface area is 221 Å². The molecule has 3 N–H and O–H groups in total. The fourth-order valence-electron chi connectivity index (χ4n) is 4.48. The van der Waals surface area contributed by atoms with Crippen molar-refractivity contribution >= 4 is 24.4 Å². The Morgan fingerprint density at radius 2 is 1.68 bits per heavy atom. The van der Waals surface area contributed by atoms with Crippen molar-refractivity contribution < 1.29 is 29.1 Å². The summed E-state index contributed by atoms with van der Waals surface area (Å²) in [6.45, 7) is 14.2. The van der Waals surface area contributed by atoms with Crippen LogP contribution < -0.4 is 15.6 Å². The zero-order chi connectivity index (χ0) is 27.9. The van der Waals surface area contributed by atoms with Gasteiger partial charge in [0, 0.05) is 29.3 Å². The van der Waals surface area contributed by atoms with E-state index in [9.17, 15) is 19.6 Å². The van der Waals surface area contributed by atoms with Crippen LogP contribution in [0.4, 0.5) is 0 Å². The molecule has 37 heavy (non-hydrogen) atoms. The molecule has 0 aliphatic rings. The normalized spacial score (nSPS) is 12.2. The van der Waals surface area contributed by atoms with E-state index in [1.807, 2.05) is 59.7 Å². The molecule has 0 heterocycles. The molecule has 0 bridgehead atoms. The number of nitrogens with zero attached hydrogens (tertiary/aromatic N) is 1. The van der Waals surface area contributed by atoms with Crippen LogP contribution in [0.2, 0.25) is 0 Å². The number of aryl methyl sites for hydroxylation is 2. The van der Waals surface area contributed by atoms with Gasteiger partial charge in [-0.05, 0) is 50.8 Å². The number of hydrazine groups is 1. The Balaban J connectivity index is 2.54. The first kappa shape index (κ1) is 30.3. The van der Waals surface area contributed by atoms with E-state index in [1.165, 1.54) is 24.3 Å². The second kappa shape index (κ2) is 13.1. The molecule has 8 nitrogen and oxygen atoms in total. The topological polar surface area (TPSA) is 108 Å². The predicted octanol–water partition coefficient (Wildman–Crippen LogP) is 3.32. The van der Waals surface area contributed by atoms with Crippen molar-refractivity contribution in [2.75, 3.05) is 20.3 Å². The van der Waals surface area contributed by atoms with Crippen molar-refractivity contribution in [3.05, 3.63) is 58.1 Å². The third-order valence-electron chi connectivity index (χ3n) is 6.28. The number of hydrogen-bond acceptors (Lipinski definition) is 6. The molecule has 0 spiro atoms. The zero-order valence-corrected chi connectivity index (χ0v) is 23.3. The molecule has 2 aromatic rings. The van der Waals surface area contributed by atoms with Crippen LogP contribution >= 0.6 is 0 Å². The highest BCUT2D eigenvalue weighted by Crippen LogP contribution is 2.29. The molecule has 9 heteroatoms. The van der Waals surface area contributed by atoms with E-state index in [4.69, 9.17) is 9.47 Å². The lowest BCUT2D eigenvalue weighted by Gasteiger charge is -2.40. The molecule has 2 aromatic carbocycles. The molecule has 0 unspecified atom stereocenters. The highest BCUT2D eigenvalue weighted by atomic mass is 16.5. The Morgan fingerprint density at radius 3 is 2.19 bits per heavy atom. The van der Waals surface area contributed by atoms with Gasteiger partial charge in [0.25, 0.3) is 11.8 Å². The highest BCUT2D eigenvalue weighted by Gasteiger charge is 2.35. The van der Waals surface area contributed by atoms with Crippen molar-refractivity contribution in [1.29, 1.82) is 0 Å². The summed E-state index contributed by atoms with van der Waals surface area (Å²) in [5.74, 6) is -0.575. The Hall–Kier alpha value is -2.88. The predicted molar refractivity (Wildman–Crippen MR) is 146 cm³/mol. The average Bonchev–Trinajstić information content (AvgIpc) is 2.80. The summed E-state index contributed by atoms with van der Waals surface area (Å²) in [5, 5.41) is 21.1.